The molecule has 0 spiro atoms. The molecule has 0 saturated heterocycles. The summed E-state index contributed by atoms with van der Waals surface area (Å²) >= 11 is 0. The molecule has 9 nitrogen and oxygen atoms in total. The number of anilines is 1. The Kier molecular flexibility index (Phi) is 6.54. The Hall–Kier alpha value is -3.88. The number of aryl methyl sites for hydroxylation is 1. The first-order chi connectivity index (χ1) is 14.8. The van der Waals surface area contributed by atoms with Crippen LogP contribution >= 0.6 is 0 Å². The van der Waals surface area contributed by atoms with Gasteiger partial charge >= 0.3 is 11.7 Å². The molecule has 1 unspecified atom stereocenters. The summed E-state index contributed by atoms with van der Waals surface area (Å²) < 4.78 is 7.14. The second kappa shape index (κ2) is 9.29. The van der Waals surface area contributed by atoms with Gasteiger partial charge in [-0.05, 0) is 30.7 Å². The summed E-state index contributed by atoms with van der Waals surface area (Å²) in [6, 6.07) is 12.9. The standard InChI is InChI=1S/C22H24N4O5/c1-3-31-20(28)12-17(14-7-5-4-6-8-14)24-19(27)13-26-21(29)16-11-15(23)9-10-18(16)25(2)22(26)30/h4-11,17H,3,12-13,23H2,1-2H3,(H,24,27). The predicted molar refractivity (Wildman–Crippen MR) is 116 cm³/mol. The van der Waals surface area contributed by atoms with E-state index in [1.807, 2.05) is 6.07 Å². The maximum atomic E-state index is 12.8. The zero-order valence-electron chi connectivity index (χ0n) is 17.3. The first-order valence-electron chi connectivity index (χ1n) is 9.80. The molecule has 3 N–H and O–H groups in total. The highest BCUT2D eigenvalue weighted by molar-refractivity contribution is 5.82. The van der Waals surface area contributed by atoms with E-state index in [0.717, 1.165) is 4.57 Å². The van der Waals surface area contributed by atoms with Gasteiger partial charge in [0, 0.05) is 12.7 Å². The van der Waals surface area contributed by atoms with Crippen LogP contribution in [0.15, 0.2) is 58.1 Å². The Labute approximate surface area is 178 Å². The highest BCUT2D eigenvalue weighted by Gasteiger charge is 2.21. The second-order valence-corrected chi connectivity index (χ2v) is 7.05. The van der Waals surface area contributed by atoms with Gasteiger partial charge in [-0.2, -0.15) is 0 Å². The molecule has 3 aromatic rings. The minimum absolute atomic E-state index is 0.0786. The van der Waals surface area contributed by atoms with Gasteiger partial charge in [-0.15, -0.1) is 0 Å². The zero-order chi connectivity index (χ0) is 22.5. The van der Waals surface area contributed by atoms with Crippen molar-refractivity contribution in [2.24, 2.45) is 7.05 Å². The maximum Gasteiger partial charge on any atom is 0.331 e. The monoisotopic (exact) mass is 424 g/mol. The van der Waals surface area contributed by atoms with Crippen LogP contribution in [0.1, 0.15) is 24.9 Å². The number of carbonyl (C=O) groups is 2. The third kappa shape index (κ3) is 4.82. The van der Waals surface area contributed by atoms with Crippen molar-refractivity contribution in [2.45, 2.75) is 25.9 Å². The number of nitrogens with one attached hydrogen (secondary N) is 1. The number of nitrogens with zero attached hydrogens (tertiary/aromatic N) is 2. The van der Waals surface area contributed by atoms with Gasteiger partial charge < -0.3 is 15.8 Å². The van der Waals surface area contributed by atoms with Crippen molar-refractivity contribution >= 4 is 28.5 Å². The van der Waals surface area contributed by atoms with E-state index < -0.39 is 35.7 Å². The summed E-state index contributed by atoms with van der Waals surface area (Å²) in [7, 11) is 1.52. The Morgan fingerprint density at radius 2 is 1.84 bits per heavy atom. The highest BCUT2D eigenvalue weighted by Crippen LogP contribution is 2.17. The van der Waals surface area contributed by atoms with E-state index in [1.165, 1.54) is 17.7 Å². The molecule has 0 aliphatic rings. The molecule has 1 atom stereocenters. The fourth-order valence-electron chi connectivity index (χ4n) is 3.38. The quantitative estimate of drug-likeness (QED) is 0.432. The zero-order valence-corrected chi connectivity index (χ0v) is 17.3. The van der Waals surface area contributed by atoms with Crippen molar-refractivity contribution in [1.29, 1.82) is 0 Å². The Bertz CT molecular complexity index is 1230. The number of esters is 1. The molecule has 1 amide bonds. The van der Waals surface area contributed by atoms with Gasteiger partial charge in [0.1, 0.15) is 6.54 Å². The Morgan fingerprint density at radius 1 is 1.13 bits per heavy atom. The highest BCUT2D eigenvalue weighted by atomic mass is 16.5. The number of nitrogen functional groups attached to an aromatic ring is 1. The summed E-state index contributed by atoms with van der Waals surface area (Å²) in [5, 5.41) is 2.97. The third-order valence-electron chi connectivity index (χ3n) is 4.89. The number of ether oxygens (including phenoxy) is 1. The van der Waals surface area contributed by atoms with Crippen LogP contribution in [0.3, 0.4) is 0 Å². The molecule has 1 aromatic heterocycles. The number of amides is 1. The van der Waals surface area contributed by atoms with Crippen molar-refractivity contribution in [3.63, 3.8) is 0 Å². The summed E-state index contributed by atoms with van der Waals surface area (Å²) in [5.74, 6) is -1.05. The van der Waals surface area contributed by atoms with Crippen LogP contribution < -0.4 is 22.3 Å². The smallest absolute Gasteiger partial charge is 0.331 e. The molecule has 0 bridgehead atoms. The lowest BCUT2D eigenvalue weighted by atomic mass is 10.0. The van der Waals surface area contributed by atoms with Gasteiger partial charge in [0.2, 0.25) is 5.91 Å². The van der Waals surface area contributed by atoms with Crippen molar-refractivity contribution < 1.29 is 14.3 Å². The van der Waals surface area contributed by atoms with Crippen molar-refractivity contribution in [2.75, 3.05) is 12.3 Å². The number of aromatic nitrogens is 2. The van der Waals surface area contributed by atoms with Crippen LogP contribution in [0.25, 0.3) is 10.9 Å². The van der Waals surface area contributed by atoms with E-state index in [-0.39, 0.29) is 18.4 Å². The molecule has 0 fully saturated rings. The topological polar surface area (TPSA) is 125 Å². The van der Waals surface area contributed by atoms with Crippen LogP contribution in [0, 0.1) is 0 Å². The average molecular weight is 424 g/mol. The third-order valence-corrected chi connectivity index (χ3v) is 4.89. The normalized spacial score (nSPS) is 11.8. The maximum absolute atomic E-state index is 12.8. The van der Waals surface area contributed by atoms with E-state index in [9.17, 15) is 19.2 Å². The van der Waals surface area contributed by atoms with Crippen LogP contribution in [-0.4, -0.2) is 27.6 Å². The molecule has 3 rings (SSSR count). The summed E-state index contributed by atoms with van der Waals surface area (Å²) in [5.41, 5.74) is 6.04. The molecular weight excluding hydrogens is 400 g/mol. The van der Waals surface area contributed by atoms with Crippen LogP contribution in [0.4, 0.5) is 5.69 Å². The SMILES string of the molecule is CCOC(=O)CC(NC(=O)Cn1c(=O)c2cc(N)ccc2n(C)c1=O)c1ccccc1. The molecule has 9 heteroatoms. The van der Waals surface area contributed by atoms with Gasteiger partial charge in [0.15, 0.2) is 0 Å². The number of carbonyl (C=O) groups excluding carboxylic acids is 2. The Morgan fingerprint density at radius 3 is 2.52 bits per heavy atom. The number of hydrogen-bond acceptors (Lipinski definition) is 6. The lowest BCUT2D eigenvalue weighted by molar-refractivity contribution is -0.143. The minimum Gasteiger partial charge on any atom is -0.466 e. The minimum atomic E-state index is -0.664. The van der Waals surface area contributed by atoms with E-state index in [0.29, 0.717) is 16.8 Å². The van der Waals surface area contributed by atoms with E-state index in [4.69, 9.17) is 10.5 Å². The average Bonchev–Trinajstić information content (AvgIpc) is 2.75. The number of rotatable bonds is 7. The molecule has 31 heavy (non-hydrogen) atoms. The molecule has 2 aromatic carbocycles. The fourth-order valence-corrected chi connectivity index (χ4v) is 3.38. The van der Waals surface area contributed by atoms with Gasteiger partial charge in [-0.3, -0.25) is 23.5 Å². The first kappa shape index (κ1) is 21.8. The van der Waals surface area contributed by atoms with Gasteiger partial charge in [-0.1, -0.05) is 30.3 Å². The van der Waals surface area contributed by atoms with Gasteiger partial charge in [0.05, 0.1) is 30.0 Å². The number of fused-ring (bicyclic) bond motifs is 1. The lowest BCUT2D eigenvalue weighted by Gasteiger charge is -2.19. The van der Waals surface area contributed by atoms with Crippen LogP contribution in [0.2, 0.25) is 0 Å². The molecule has 1 heterocycles. The molecule has 162 valence electrons. The largest absolute Gasteiger partial charge is 0.466 e. The molecular formula is C22H24N4O5. The van der Waals surface area contributed by atoms with Gasteiger partial charge in [-0.25, -0.2) is 4.79 Å². The van der Waals surface area contributed by atoms with Crippen molar-refractivity contribution in [1.82, 2.24) is 14.5 Å². The van der Waals surface area contributed by atoms with E-state index in [1.54, 1.807) is 43.3 Å². The lowest BCUT2D eigenvalue weighted by Crippen LogP contribution is -2.44. The van der Waals surface area contributed by atoms with Crippen molar-refractivity contribution in [3.05, 3.63) is 74.9 Å². The van der Waals surface area contributed by atoms with Crippen molar-refractivity contribution in [3.8, 4) is 0 Å². The second-order valence-electron chi connectivity index (χ2n) is 7.05. The summed E-state index contributed by atoms with van der Waals surface area (Å²) in [4.78, 5) is 50.3. The predicted octanol–water partition coefficient (Wildman–Crippen LogP) is 1.09. The first-order valence-corrected chi connectivity index (χ1v) is 9.80. The van der Waals surface area contributed by atoms with Crippen LogP contribution in [0.5, 0.6) is 0 Å². The van der Waals surface area contributed by atoms with E-state index >= 15 is 0 Å². The Balaban J connectivity index is 1.90. The molecule has 0 radical (unpaired) electrons. The van der Waals surface area contributed by atoms with E-state index in [2.05, 4.69) is 5.32 Å². The molecule has 0 saturated carbocycles. The summed E-state index contributed by atoms with van der Waals surface area (Å²) in [6.45, 7) is 1.42. The summed E-state index contributed by atoms with van der Waals surface area (Å²) in [6.07, 6.45) is -0.0786. The number of benzene rings is 2. The molecule has 0 aliphatic heterocycles. The molecule has 0 aliphatic carbocycles. The van der Waals surface area contributed by atoms with Crippen LogP contribution in [-0.2, 0) is 27.9 Å². The number of nitrogens with two attached hydrogens (primary N) is 1. The fraction of sp³-hybridized carbons (Fsp3) is 0.273. The van der Waals surface area contributed by atoms with Gasteiger partial charge in [0.25, 0.3) is 5.56 Å². The number of hydrogen-bond donors (Lipinski definition) is 2.